The zero-order chi connectivity index (χ0) is 24.9. The fourth-order valence-electron chi connectivity index (χ4n) is 4.45. The van der Waals surface area contributed by atoms with E-state index in [9.17, 15) is 14.0 Å². The van der Waals surface area contributed by atoms with Gasteiger partial charge in [0.2, 0.25) is 5.91 Å². The number of nitrogens with one attached hydrogen (secondary N) is 1. The van der Waals surface area contributed by atoms with E-state index in [0.29, 0.717) is 22.7 Å². The number of hydrogen-bond donors (Lipinski definition) is 1. The lowest BCUT2D eigenvalue weighted by Gasteiger charge is -2.30. The Hall–Kier alpha value is -4.45. The zero-order valence-corrected chi connectivity index (χ0v) is 19.6. The van der Waals surface area contributed by atoms with Gasteiger partial charge >= 0.3 is 0 Å². The molecule has 5 rings (SSSR count). The number of rotatable bonds is 7. The zero-order valence-electron chi connectivity index (χ0n) is 19.6. The quantitative estimate of drug-likeness (QED) is 0.358. The maximum atomic E-state index is 14.3. The predicted octanol–water partition coefficient (Wildman–Crippen LogP) is 5.91. The average molecular weight is 481 g/mol. The highest BCUT2D eigenvalue weighted by Crippen LogP contribution is 2.36. The molecule has 1 heterocycles. The van der Waals surface area contributed by atoms with Gasteiger partial charge in [0.1, 0.15) is 11.6 Å². The van der Waals surface area contributed by atoms with Crippen molar-refractivity contribution in [1.29, 1.82) is 0 Å². The Bertz CT molecular complexity index is 1340. The van der Waals surface area contributed by atoms with E-state index in [0.717, 1.165) is 11.1 Å². The smallest absolute Gasteiger partial charge is 0.265 e. The van der Waals surface area contributed by atoms with Crippen molar-refractivity contribution in [2.45, 2.75) is 18.9 Å². The third-order valence-corrected chi connectivity index (χ3v) is 6.27. The third-order valence-electron chi connectivity index (χ3n) is 6.27. The van der Waals surface area contributed by atoms with E-state index in [1.54, 1.807) is 36.4 Å². The van der Waals surface area contributed by atoms with Crippen LogP contribution in [-0.4, -0.2) is 18.4 Å². The Labute approximate surface area is 209 Å². The summed E-state index contributed by atoms with van der Waals surface area (Å²) in [6.45, 7) is -0.0493. The van der Waals surface area contributed by atoms with Crippen LogP contribution in [0.3, 0.4) is 0 Å². The van der Waals surface area contributed by atoms with Crippen molar-refractivity contribution in [2.75, 3.05) is 16.8 Å². The van der Waals surface area contributed by atoms with Crippen molar-refractivity contribution in [1.82, 2.24) is 0 Å². The molecule has 0 spiro atoms. The number of benzene rings is 4. The lowest BCUT2D eigenvalue weighted by atomic mass is 9.88. The summed E-state index contributed by atoms with van der Waals surface area (Å²) in [5, 5.41) is 2.97. The summed E-state index contributed by atoms with van der Waals surface area (Å²) in [6, 6.07) is 31.4. The summed E-state index contributed by atoms with van der Waals surface area (Å²) in [6.07, 6.45) is 0.249. The summed E-state index contributed by atoms with van der Waals surface area (Å²) in [4.78, 5) is 27.3. The third kappa shape index (κ3) is 5.13. The highest BCUT2D eigenvalue weighted by Gasteiger charge is 2.27. The molecule has 0 bridgehead atoms. The summed E-state index contributed by atoms with van der Waals surface area (Å²) in [5.41, 5.74) is 3.55. The topological polar surface area (TPSA) is 58.6 Å². The lowest BCUT2D eigenvalue weighted by Crippen LogP contribution is -2.38. The number of halogens is 1. The van der Waals surface area contributed by atoms with Crippen LogP contribution in [0.5, 0.6) is 5.75 Å². The summed E-state index contributed by atoms with van der Waals surface area (Å²) in [5.74, 6) is -0.405. The molecule has 0 unspecified atom stereocenters. The van der Waals surface area contributed by atoms with Crippen LogP contribution in [0, 0.1) is 5.82 Å². The molecule has 1 aliphatic heterocycles. The molecule has 180 valence electrons. The summed E-state index contributed by atoms with van der Waals surface area (Å²) >= 11 is 0. The molecule has 4 aromatic carbocycles. The van der Waals surface area contributed by atoms with Crippen molar-refractivity contribution in [3.63, 3.8) is 0 Å². The van der Waals surface area contributed by atoms with Crippen LogP contribution in [0.1, 0.15) is 29.0 Å². The van der Waals surface area contributed by atoms with Gasteiger partial charge in [0.15, 0.2) is 6.61 Å². The van der Waals surface area contributed by atoms with E-state index in [2.05, 4.69) is 5.32 Å². The molecule has 4 aromatic rings. The summed E-state index contributed by atoms with van der Waals surface area (Å²) in [7, 11) is 0. The maximum Gasteiger partial charge on any atom is 0.265 e. The monoisotopic (exact) mass is 480 g/mol. The maximum absolute atomic E-state index is 14.3. The SMILES string of the molecule is O=C(CC(c1ccccc1)c1ccccc1)Nc1ccc2c(c1)N(Cc1ccccc1F)C(=O)CO2. The van der Waals surface area contributed by atoms with Crippen molar-refractivity contribution in [3.8, 4) is 5.75 Å². The predicted molar refractivity (Wildman–Crippen MR) is 138 cm³/mol. The first-order valence-electron chi connectivity index (χ1n) is 11.8. The fraction of sp³-hybridized carbons (Fsp3) is 0.133. The molecule has 2 amide bonds. The van der Waals surface area contributed by atoms with Crippen LogP contribution >= 0.6 is 0 Å². The molecule has 0 saturated carbocycles. The van der Waals surface area contributed by atoms with Gasteiger partial charge in [0.05, 0.1) is 12.2 Å². The van der Waals surface area contributed by atoms with Gasteiger partial charge in [-0.05, 0) is 35.4 Å². The largest absolute Gasteiger partial charge is 0.482 e. The van der Waals surface area contributed by atoms with Crippen LogP contribution < -0.4 is 15.0 Å². The minimum atomic E-state index is -0.379. The first-order chi connectivity index (χ1) is 17.6. The molecule has 6 heteroatoms. The number of ether oxygens (including phenoxy) is 1. The number of amides is 2. The van der Waals surface area contributed by atoms with Crippen molar-refractivity contribution >= 4 is 23.2 Å². The standard InChI is InChI=1S/C30H25FN2O3/c31-26-14-8-7-13-23(26)19-33-27-17-24(15-16-28(27)36-20-30(33)35)32-29(34)18-25(21-9-3-1-4-10-21)22-11-5-2-6-12-22/h1-17,25H,18-20H2,(H,32,34). The highest BCUT2D eigenvalue weighted by atomic mass is 19.1. The fourth-order valence-corrected chi connectivity index (χ4v) is 4.45. The number of carbonyl (C=O) groups is 2. The van der Waals surface area contributed by atoms with Gasteiger partial charge in [-0.1, -0.05) is 78.9 Å². The lowest BCUT2D eigenvalue weighted by molar-refractivity contribution is -0.121. The molecule has 0 aliphatic carbocycles. The molecular formula is C30H25FN2O3. The van der Waals surface area contributed by atoms with E-state index in [1.807, 2.05) is 60.7 Å². The Morgan fingerprint density at radius 2 is 1.53 bits per heavy atom. The van der Waals surface area contributed by atoms with Gasteiger partial charge in [-0.2, -0.15) is 0 Å². The number of fused-ring (bicyclic) bond motifs is 1. The van der Waals surface area contributed by atoms with Crippen LogP contribution in [0.15, 0.2) is 103 Å². The molecule has 5 nitrogen and oxygen atoms in total. The van der Waals surface area contributed by atoms with Crippen molar-refractivity contribution < 1.29 is 18.7 Å². The van der Waals surface area contributed by atoms with Crippen LogP contribution in [0.2, 0.25) is 0 Å². The van der Waals surface area contributed by atoms with E-state index >= 15 is 0 Å². The van der Waals surface area contributed by atoms with E-state index < -0.39 is 0 Å². The molecule has 1 aliphatic rings. The average Bonchev–Trinajstić information content (AvgIpc) is 2.91. The van der Waals surface area contributed by atoms with E-state index in [4.69, 9.17) is 4.74 Å². The van der Waals surface area contributed by atoms with Crippen LogP contribution in [0.25, 0.3) is 0 Å². The second-order valence-corrected chi connectivity index (χ2v) is 8.67. The Kier molecular flexibility index (Phi) is 6.76. The Morgan fingerprint density at radius 3 is 2.19 bits per heavy atom. The molecule has 0 fully saturated rings. The van der Waals surface area contributed by atoms with Crippen molar-refractivity contribution in [2.24, 2.45) is 0 Å². The minimum absolute atomic E-state index is 0.0728. The molecule has 36 heavy (non-hydrogen) atoms. The number of anilines is 2. The van der Waals surface area contributed by atoms with Gasteiger partial charge in [0, 0.05) is 23.6 Å². The minimum Gasteiger partial charge on any atom is -0.482 e. The molecular weight excluding hydrogens is 455 g/mol. The molecule has 0 aromatic heterocycles. The number of nitrogens with zero attached hydrogens (tertiary/aromatic N) is 1. The second kappa shape index (κ2) is 10.4. The van der Waals surface area contributed by atoms with Gasteiger partial charge in [-0.3, -0.25) is 9.59 Å². The van der Waals surface area contributed by atoms with Gasteiger partial charge in [0.25, 0.3) is 5.91 Å². The molecule has 0 saturated heterocycles. The second-order valence-electron chi connectivity index (χ2n) is 8.67. The first kappa shape index (κ1) is 23.3. The molecule has 0 radical (unpaired) electrons. The van der Waals surface area contributed by atoms with Gasteiger partial charge < -0.3 is 15.0 Å². The van der Waals surface area contributed by atoms with Crippen molar-refractivity contribution in [3.05, 3.63) is 126 Å². The van der Waals surface area contributed by atoms with Crippen LogP contribution in [0.4, 0.5) is 15.8 Å². The summed E-state index contributed by atoms with van der Waals surface area (Å²) < 4.78 is 19.9. The van der Waals surface area contributed by atoms with E-state index in [-0.39, 0.29) is 43.1 Å². The van der Waals surface area contributed by atoms with E-state index in [1.165, 1.54) is 11.0 Å². The Balaban J connectivity index is 1.37. The van der Waals surface area contributed by atoms with Crippen LogP contribution in [-0.2, 0) is 16.1 Å². The molecule has 0 atom stereocenters. The number of carbonyl (C=O) groups excluding carboxylic acids is 2. The first-order valence-corrected chi connectivity index (χ1v) is 11.8. The number of hydrogen-bond acceptors (Lipinski definition) is 3. The normalized spacial score (nSPS) is 12.7. The Morgan fingerprint density at radius 1 is 0.889 bits per heavy atom. The molecule has 1 N–H and O–H groups in total. The highest BCUT2D eigenvalue weighted by molar-refractivity contribution is 5.99. The van der Waals surface area contributed by atoms with Gasteiger partial charge in [-0.25, -0.2) is 4.39 Å². The van der Waals surface area contributed by atoms with Gasteiger partial charge in [-0.15, -0.1) is 0 Å².